The van der Waals surface area contributed by atoms with Gasteiger partial charge >= 0.3 is 5.97 Å². The van der Waals surface area contributed by atoms with Gasteiger partial charge in [-0.3, -0.25) is 0 Å². The first-order chi connectivity index (χ1) is 12.1. The second kappa shape index (κ2) is 7.32. The Labute approximate surface area is 150 Å². The summed E-state index contributed by atoms with van der Waals surface area (Å²) in [6.45, 7) is 2.28. The van der Waals surface area contributed by atoms with E-state index in [1.165, 1.54) is 12.1 Å². The van der Waals surface area contributed by atoms with Gasteiger partial charge in [0.15, 0.2) is 11.5 Å². The quantitative estimate of drug-likeness (QED) is 0.621. The van der Waals surface area contributed by atoms with Gasteiger partial charge in [-0.2, -0.15) is 0 Å². The van der Waals surface area contributed by atoms with Gasteiger partial charge in [-0.15, -0.1) is 0 Å². The maximum absolute atomic E-state index is 11.2. The minimum absolute atomic E-state index is 0.156. The van der Waals surface area contributed by atoms with Gasteiger partial charge in [0.1, 0.15) is 5.58 Å². The van der Waals surface area contributed by atoms with Crippen molar-refractivity contribution in [2.24, 2.45) is 0 Å². The lowest BCUT2D eigenvalue weighted by Gasteiger charge is -2.09. The minimum Gasteiger partial charge on any atom is -0.488 e. The van der Waals surface area contributed by atoms with Crippen LogP contribution in [-0.2, 0) is 0 Å². The number of rotatable bonds is 5. The molecule has 0 fully saturated rings. The van der Waals surface area contributed by atoms with Crippen molar-refractivity contribution in [1.29, 1.82) is 0 Å². The fourth-order valence-corrected chi connectivity index (χ4v) is 2.77. The van der Waals surface area contributed by atoms with E-state index in [2.05, 4.69) is 0 Å². The summed E-state index contributed by atoms with van der Waals surface area (Å²) in [5.74, 6) is -0.0618. The monoisotopic (exact) mass is 352 g/mol. The normalized spacial score (nSPS) is 11.1. The summed E-state index contributed by atoms with van der Waals surface area (Å²) >= 11 is 5.51. The molecule has 0 aliphatic carbocycles. The molecule has 2 aromatic carbocycles. The zero-order chi connectivity index (χ0) is 17.8. The average molecular weight is 352 g/mol. The summed E-state index contributed by atoms with van der Waals surface area (Å²) in [6.07, 6.45) is 3.72. The van der Waals surface area contributed by atoms with Crippen molar-refractivity contribution in [2.45, 2.75) is 6.92 Å². The van der Waals surface area contributed by atoms with Crippen molar-refractivity contribution in [2.75, 3.05) is 6.61 Å². The number of aromatic carboxylic acids is 1. The molecule has 0 aliphatic rings. The van der Waals surface area contributed by atoms with Crippen molar-refractivity contribution in [3.05, 3.63) is 69.9 Å². The fraction of sp³-hybridized carbons (Fsp3) is 0.100. The highest BCUT2D eigenvalue weighted by molar-refractivity contribution is 7.71. The van der Waals surface area contributed by atoms with E-state index in [-0.39, 0.29) is 5.56 Å². The van der Waals surface area contributed by atoms with E-state index in [1.54, 1.807) is 12.1 Å². The molecule has 1 N–H and O–H groups in total. The van der Waals surface area contributed by atoms with E-state index < -0.39 is 5.97 Å². The standard InChI is InChI=1S/C20H16O4S/c1-2-23-18-17(10-8-13-6-4-3-5-7-13)24-16-11-9-14(20(21)22)12-15(16)19(18)25/h3-12H,2H2,1H3,(H,21,22)/b10-8-. The summed E-state index contributed by atoms with van der Waals surface area (Å²) in [5.41, 5.74) is 1.70. The van der Waals surface area contributed by atoms with Crippen LogP contribution in [0.2, 0.25) is 0 Å². The van der Waals surface area contributed by atoms with Gasteiger partial charge in [-0.1, -0.05) is 48.6 Å². The zero-order valence-corrected chi connectivity index (χ0v) is 14.4. The molecule has 3 rings (SSSR count). The average Bonchev–Trinajstić information content (AvgIpc) is 2.63. The lowest BCUT2D eigenvalue weighted by atomic mass is 10.1. The predicted octanol–water partition coefficient (Wildman–Crippen LogP) is 5.43. The summed E-state index contributed by atoms with van der Waals surface area (Å²) in [6, 6.07) is 14.4. The summed E-state index contributed by atoms with van der Waals surface area (Å²) in [4.78, 5) is 11.2. The summed E-state index contributed by atoms with van der Waals surface area (Å²) in [7, 11) is 0. The van der Waals surface area contributed by atoms with Gasteiger partial charge in [0.25, 0.3) is 0 Å². The second-order valence-corrected chi connectivity index (χ2v) is 5.73. The van der Waals surface area contributed by atoms with Gasteiger partial charge in [0.05, 0.1) is 16.7 Å². The van der Waals surface area contributed by atoms with Crippen LogP contribution >= 0.6 is 12.2 Å². The number of hydrogen-bond donors (Lipinski definition) is 1. The lowest BCUT2D eigenvalue weighted by Crippen LogP contribution is -1.98. The molecule has 0 atom stereocenters. The summed E-state index contributed by atoms with van der Waals surface area (Å²) in [5, 5.41) is 9.72. The van der Waals surface area contributed by atoms with Gasteiger partial charge in [-0.05, 0) is 36.8 Å². The third-order valence-electron chi connectivity index (χ3n) is 3.64. The van der Waals surface area contributed by atoms with Gasteiger partial charge in [-0.25, -0.2) is 4.79 Å². The smallest absolute Gasteiger partial charge is 0.335 e. The number of ether oxygens (including phenoxy) is 1. The van der Waals surface area contributed by atoms with Gasteiger partial charge in [0, 0.05) is 5.39 Å². The molecule has 0 saturated carbocycles. The SMILES string of the molecule is CCOc1c(/C=C\c2ccccc2)oc2ccc(C(=O)O)cc2c1=S. The van der Waals surface area contributed by atoms with E-state index >= 15 is 0 Å². The molecular weight excluding hydrogens is 336 g/mol. The number of fused-ring (bicyclic) bond motifs is 1. The first-order valence-electron chi connectivity index (χ1n) is 7.80. The first-order valence-corrected chi connectivity index (χ1v) is 8.21. The summed E-state index contributed by atoms with van der Waals surface area (Å²) < 4.78 is 12.0. The molecule has 4 nitrogen and oxygen atoms in total. The van der Waals surface area contributed by atoms with Crippen LogP contribution < -0.4 is 4.74 Å². The van der Waals surface area contributed by atoms with E-state index in [0.29, 0.717) is 33.6 Å². The number of carboxylic acid groups (broad SMARTS) is 1. The van der Waals surface area contributed by atoms with Crippen molar-refractivity contribution >= 4 is 41.3 Å². The Balaban J connectivity index is 2.16. The molecule has 3 aromatic rings. The maximum atomic E-state index is 11.2. The van der Waals surface area contributed by atoms with Gasteiger partial charge in [0.2, 0.25) is 0 Å². The Morgan fingerprint density at radius 2 is 1.96 bits per heavy atom. The first kappa shape index (κ1) is 16.9. The molecule has 126 valence electrons. The van der Waals surface area contributed by atoms with Crippen LogP contribution in [0.4, 0.5) is 0 Å². The molecule has 25 heavy (non-hydrogen) atoms. The molecule has 5 heteroatoms. The Morgan fingerprint density at radius 3 is 2.64 bits per heavy atom. The van der Waals surface area contributed by atoms with Crippen LogP contribution in [0.3, 0.4) is 0 Å². The van der Waals surface area contributed by atoms with Gasteiger partial charge < -0.3 is 14.3 Å². The molecule has 0 amide bonds. The van der Waals surface area contributed by atoms with Crippen molar-refractivity contribution < 1.29 is 19.1 Å². The zero-order valence-electron chi connectivity index (χ0n) is 13.6. The van der Waals surface area contributed by atoms with Crippen molar-refractivity contribution in [1.82, 2.24) is 0 Å². The molecule has 0 radical (unpaired) electrons. The molecule has 0 saturated heterocycles. The Morgan fingerprint density at radius 1 is 1.20 bits per heavy atom. The highest BCUT2D eigenvalue weighted by Crippen LogP contribution is 2.31. The number of carbonyl (C=O) groups is 1. The van der Waals surface area contributed by atoms with Crippen LogP contribution in [-0.4, -0.2) is 17.7 Å². The molecule has 1 aromatic heterocycles. The van der Waals surface area contributed by atoms with Crippen molar-refractivity contribution in [3.63, 3.8) is 0 Å². The number of hydrogen-bond acceptors (Lipinski definition) is 4. The Bertz CT molecular complexity index is 1000. The van der Waals surface area contributed by atoms with Crippen LogP contribution in [0.5, 0.6) is 5.75 Å². The molecule has 0 spiro atoms. The maximum Gasteiger partial charge on any atom is 0.335 e. The van der Waals surface area contributed by atoms with Crippen LogP contribution in [0.15, 0.2) is 52.9 Å². The third-order valence-corrected chi connectivity index (χ3v) is 4.04. The number of benzene rings is 2. The molecular formula is C20H16O4S. The Kier molecular flexibility index (Phi) is 4.95. The topological polar surface area (TPSA) is 59.7 Å². The van der Waals surface area contributed by atoms with E-state index in [4.69, 9.17) is 26.5 Å². The van der Waals surface area contributed by atoms with E-state index in [0.717, 1.165) is 5.56 Å². The number of carboxylic acids is 1. The molecule has 0 bridgehead atoms. The lowest BCUT2D eigenvalue weighted by molar-refractivity contribution is 0.0697. The van der Waals surface area contributed by atoms with Crippen LogP contribution in [0.1, 0.15) is 28.6 Å². The largest absolute Gasteiger partial charge is 0.488 e. The van der Waals surface area contributed by atoms with Crippen LogP contribution in [0.25, 0.3) is 23.1 Å². The van der Waals surface area contributed by atoms with E-state index in [1.807, 2.05) is 43.3 Å². The molecule has 0 aliphatic heterocycles. The Hall–Kier alpha value is -2.92. The molecule has 1 heterocycles. The predicted molar refractivity (Wildman–Crippen MR) is 101 cm³/mol. The minimum atomic E-state index is -1.01. The highest BCUT2D eigenvalue weighted by atomic mass is 32.1. The highest BCUT2D eigenvalue weighted by Gasteiger charge is 2.13. The fourth-order valence-electron chi connectivity index (χ4n) is 2.46. The molecule has 0 unspecified atom stereocenters. The van der Waals surface area contributed by atoms with E-state index in [9.17, 15) is 4.79 Å². The third kappa shape index (κ3) is 3.61. The van der Waals surface area contributed by atoms with Crippen LogP contribution in [0, 0.1) is 4.51 Å². The van der Waals surface area contributed by atoms with Crippen molar-refractivity contribution in [3.8, 4) is 5.75 Å². The second-order valence-electron chi connectivity index (χ2n) is 5.32.